The number of rotatable bonds is 7. The first-order valence-corrected chi connectivity index (χ1v) is 9.72. The minimum atomic E-state index is -0.918. The van der Waals surface area contributed by atoms with Gasteiger partial charge in [-0.1, -0.05) is 6.07 Å². The third-order valence-corrected chi connectivity index (χ3v) is 4.67. The van der Waals surface area contributed by atoms with Gasteiger partial charge in [0.25, 0.3) is 5.91 Å². The molecule has 0 saturated heterocycles. The molecule has 158 valence electrons. The van der Waals surface area contributed by atoms with E-state index in [1.54, 1.807) is 61.6 Å². The summed E-state index contributed by atoms with van der Waals surface area (Å²) in [6, 6.07) is 9.16. The Hall–Kier alpha value is -3.69. The number of aromatic nitrogens is 5. The van der Waals surface area contributed by atoms with Gasteiger partial charge in [0, 0.05) is 30.4 Å². The summed E-state index contributed by atoms with van der Waals surface area (Å²) in [5.74, 6) is -0.458. The second kappa shape index (κ2) is 8.58. The van der Waals surface area contributed by atoms with E-state index in [0.717, 1.165) is 11.1 Å². The molecule has 9 nitrogen and oxygen atoms in total. The summed E-state index contributed by atoms with van der Waals surface area (Å²) < 4.78 is 1.72. The van der Waals surface area contributed by atoms with Gasteiger partial charge in [0.05, 0.1) is 36.0 Å². The van der Waals surface area contributed by atoms with E-state index in [2.05, 4.69) is 20.5 Å². The van der Waals surface area contributed by atoms with E-state index in [0.29, 0.717) is 28.8 Å². The Morgan fingerprint density at radius 3 is 2.61 bits per heavy atom. The summed E-state index contributed by atoms with van der Waals surface area (Å²) in [6.45, 7) is 3.55. The number of amides is 1. The van der Waals surface area contributed by atoms with E-state index in [1.807, 2.05) is 18.2 Å². The summed E-state index contributed by atoms with van der Waals surface area (Å²) in [4.78, 5) is 31.4. The molecule has 0 radical (unpaired) electrons. The first-order chi connectivity index (χ1) is 15.0. The lowest BCUT2D eigenvalue weighted by atomic mass is 10.1. The fraction of sp³-hybridized carbons (Fsp3) is 0.227. The van der Waals surface area contributed by atoms with E-state index >= 15 is 0 Å². The third kappa shape index (κ3) is 4.57. The van der Waals surface area contributed by atoms with Gasteiger partial charge in [-0.15, -0.1) is 0 Å². The number of hydrogen-bond donors (Lipinski definition) is 2. The molecule has 0 atom stereocenters. The van der Waals surface area contributed by atoms with Crippen molar-refractivity contribution in [1.82, 2.24) is 30.2 Å². The molecule has 4 heterocycles. The van der Waals surface area contributed by atoms with Crippen LogP contribution < -0.4 is 5.48 Å². The molecule has 0 aliphatic heterocycles. The predicted molar refractivity (Wildman–Crippen MR) is 114 cm³/mol. The van der Waals surface area contributed by atoms with Crippen molar-refractivity contribution in [2.45, 2.75) is 26.0 Å². The number of hydroxylamine groups is 1. The third-order valence-electron chi connectivity index (χ3n) is 4.67. The van der Waals surface area contributed by atoms with Crippen LogP contribution in [0.3, 0.4) is 0 Å². The normalized spacial score (nSPS) is 11.6. The highest BCUT2D eigenvalue weighted by atomic mass is 16.7. The largest absolute Gasteiger partial charge is 0.393 e. The molecule has 31 heavy (non-hydrogen) atoms. The summed E-state index contributed by atoms with van der Waals surface area (Å²) in [5.41, 5.74) is 4.73. The highest BCUT2D eigenvalue weighted by Gasteiger charge is 2.22. The fourth-order valence-corrected chi connectivity index (χ4v) is 2.95. The molecule has 0 aliphatic rings. The predicted octanol–water partition coefficient (Wildman–Crippen LogP) is 2.37. The smallest absolute Gasteiger partial charge is 0.275 e. The highest BCUT2D eigenvalue weighted by molar-refractivity contribution is 6.06. The van der Waals surface area contributed by atoms with Crippen molar-refractivity contribution in [2.24, 2.45) is 0 Å². The van der Waals surface area contributed by atoms with Crippen molar-refractivity contribution >= 4 is 16.9 Å². The second-order valence-corrected chi connectivity index (χ2v) is 7.65. The van der Waals surface area contributed by atoms with Crippen LogP contribution >= 0.6 is 0 Å². The zero-order chi connectivity index (χ0) is 21.8. The van der Waals surface area contributed by atoms with Gasteiger partial charge in [-0.3, -0.25) is 19.6 Å². The molecule has 4 rings (SSSR count). The minimum absolute atomic E-state index is 0.247. The van der Waals surface area contributed by atoms with Gasteiger partial charge >= 0.3 is 0 Å². The van der Waals surface area contributed by atoms with Crippen LogP contribution in [0.25, 0.3) is 22.3 Å². The number of carbonyl (C=O) groups is 1. The first kappa shape index (κ1) is 20.6. The van der Waals surface area contributed by atoms with Crippen molar-refractivity contribution in [1.29, 1.82) is 0 Å². The molecule has 4 aromatic rings. The number of aliphatic hydroxyl groups is 1. The zero-order valence-electron chi connectivity index (χ0n) is 17.2. The molecule has 0 bridgehead atoms. The summed E-state index contributed by atoms with van der Waals surface area (Å²) in [6.07, 6.45) is 8.44. The van der Waals surface area contributed by atoms with Gasteiger partial charge in [0.2, 0.25) is 0 Å². The zero-order valence-corrected chi connectivity index (χ0v) is 17.2. The molecule has 0 fully saturated rings. The average molecular weight is 418 g/mol. The van der Waals surface area contributed by atoms with Crippen LogP contribution in [-0.2, 0) is 11.4 Å². The standard InChI is InChI=1S/C22H22N6O3/c1-22(2,14-29)31-27-21(30)17-9-19(16-6-4-8-24-11-16)26-20-18(17)12-25-28(20)13-15-5-3-7-23-10-15/h3-12,29H,13-14H2,1-2H3,(H,27,30). The van der Waals surface area contributed by atoms with E-state index in [4.69, 9.17) is 9.82 Å². The molecule has 4 aromatic heterocycles. The monoisotopic (exact) mass is 418 g/mol. The molecular weight excluding hydrogens is 396 g/mol. The number of aliphatic hydroxyl groups excluding tert-OH is 1. The van der Waals surface area contributed by atoms with Crippen molar-refractivity contribution in [3.63, 3.8) is 0 Å². The van der Waals surface area contributed by atoms with E-state index < -0.39 is 11.5 Å². The topological polar surface area (TPSA) is 115 Å². The number of nitrogens with zero attached hydrogens (tertiary/aromatic N) is 5. The van der Waals surface area contributed by atoms with Gasteiger partial charge in [-0.05, 0) is 43.7 Å². The molecule has 2 N–H and O–H groups in total. The summed E-state index contributed by atoms with van der Waals surface area (Å²) in [5, 5.41) is 14.4. The van der Waals surface area contributed by atoms with E-state index in [9.17, 15) is 9.90 Å². The Balaban J connectivity index is 1.78. The Morgan fingerprint density at radius 1 is 1.16 bits per heavy atom. The van der Waals surface area contributed by atoms with Gasteiger partial charge in [-0.2, -0.15) is 5.10 Å². The van der Waals surface area contributed by atoms with Crippen LogP contribution in [0.5, 0.6) is 0 Å². The number of nitrogens with one attached hydrogen (secondary N) is 1. The number of carbonyl (C=O) groups excluding carboxylic acids is 1. The lowest BCUT2D eigenvalue weighted by Gasteiger charge is -2.21. The molecule has 0 spiro atoms. The Morgan fingerprint density at radius 2 is 1.94 bits per heavy atom. The molecule has 0 aliphatic carbocycles. The van der Waals surface area contributed by atoms with Crippen molar-refractivity contribution < 1.29 is 14.7 Å². The van der Waals surface area contributed by atoms with Crippen LogP contribution in [-0.4, -0.2) is 48.0 Å². The summed E-state index contributed by atoms with van der Waals surface area (Å²) in [7, 11) is 0. The van der Waals surface area contributed by atoms with Gasteiger partial charge < -0.3 is 5.11 Å². The second-order valence-electron chi connectivity index (χ2n) is 7.65. The van der Waals surface area contributed by atoms with Gasteiger partial charge in [0.15, 0.2) is 5.65 Å². The van der Waals surface area contributed by atoms with E-state index in [-0.39, 0.29) is 6.61 Å². The Bertz CT molecular complexity index is 1190. The maximum Gasteiger partial charge on any atom is 0.275 e. The van der Waals surface area contributed by atoms with Crippen LogP contribution in [0.4, 0.5) is 0 Å². The van der Waals surface area contributed by atoms with E-state index in [1.165, 1.54) is 0 Å². The quantitative estimate of drug-likeness (QED) is 0.443. The van der Waals surface area contributed by atoms with Gasteiger partial charge in [0.1, 0.15) is 5.60 Å². The molecule has 0 aromatic carbocycles. The number of fused-ring (bicyclic) bond motifs is 1. The maximum absolute atomic E-state index is 13.0. The van der Waals surface area contributed by atoms with Gasteiger partial charge in [-0.25, -0.2) is 15.1 Å². The molecular formula is C22H22N6O3. The fourth-order valence-electron chi connectivity index (χ4n) is 2.95. The van der Waals surface area contributed by atoms with Crippen molar-refractivity contribution in [2.75, 3.05) is 6.61 Å². The number of pyridine rings is 3. The van der Waals surface area contributed by atoms with Crippen LogP contribution in [0.2, 0.25) is 0 Å². The molecule has 0 saturated carbocycles. The molecule has 1 amide bonds. The molecule has 0 unspecified atom stereocenters. The maximum atomic E-state index is 13.0. The van der Waals surface area contributed by atoms with Crippen molar-refractivity contribution in [3.05, 3.63) is 72.4 Å². The first-order valence-electron chi connectivity index (χ1n) is 9.72. The van der Waals surface area contributed by atoms with Crippen LogP contribution in [0.15, 0.2) is 61.3 Å². The SMILES string of the molecule is CC(C)(CO)ONC(=O)c1cc(-c2cccnc2)nc2c1cnn2Cc1cccnc1. The minimum Gasteiger partial charge on any atom is -0.393 e. The summed E-state index contributed by atoms with van der Waals surface area (Å²) >= 11 is 0. The highest BCUT2D eigenvalue weighted by Crippen LogP contribution is 2.25. The lowest BCUT2D eigenvalue weighted by Crippen LogP contribution is -2.38. The van der Waals surface area contributed by atoms with Crippen molar-refractivity contribution in [3.8, 4) is 11.3 Å². The average Bonchev–Trinajstić information content (AvgIpc) is 3.21. The Kier molecular flexibility index (Phi) is 5.70. The Labute approximate surface area is 178 Å². The van der Waals surface area contributed by atoms with Crippen LogP contribution in [0, 0.1) is 0 Å². The number of hydrogen-bond acceptors (Lipinski definition) is 7. The lowest BCUT2D eigenvalue weighted by molar-refractivity contribution is -0.0956. The van der Waals surface area contributed by atoms with Crippen LogP contribution in [0.1, 0.15) is 29.8 Å². The molecule has 9 heteroatoms.